The van der Waals surface area contributed by atoms with E-state index in [-0.39, 0.29) is 6.54 Å². The maximum Gasteiger partial charge on any atom is 0.240 e. The predicted molar refractivity (Wildman–Crippen MR) is 63.2 cm³/mol. The summed E-state index contributed by atoms with van der Waals surface area (Å²) >= 11 is 0. The standard InChI is InChI=1S/C12H13N3O3/c13-7-11-14-12(15-18-11)8-2-3-9-10(6-8)17-5-1-4-16-9/h2-3,6H,1,4-5,7,13H2. The molecule has 1 aromatic heterocycles. The molecule has 6 heteroatoms. The van der Waals surface area contributed by atoms with Crippen molar-refractivity contribution in [1.82, 2.24) is 10.1 Å². The van der Waals surface area contributed by atoms with Gasteiger partial charge in [-0.15, -0.1) is 0 Å². The molecule has 1 aliphatic heterocycles. The Morgan fingerprint density at radius 2 is 2.00 bits per heavy atom. The molecule has 0 saturated carbocycles. The Labute approximate surface area is 104 Å². The fraction of sp³-hybridized carbons (Fsp3) is 0.333. The number of benzene rings is 1. The first-order valence-electron chi connectivity index (χ1n) is 5.79. The van der Waals surface area contributed by atoms with Crippen molar-refractivity contribution in [3.8, 4) is 22.9 Å². The lowest BCUT2D eigenvalue weighted by Crippen LogP contribution is -1.97. The Morgan fingerprint density at radius 1 is 1.17 bits per heavy atom. The molecular formula is C12H13N3O3. The van der Waals surface area contributed by atoms with Gasteiger partial charge in [0.1, 0.15) is 0 Å². The first kappa shape index (κ1) is 11.0. The van der Waals surface area contributed by atoms with Crippen LogP contribution in [-0.4, -0.2) is 23.4 Å². The minimum Gasteiger partial charge on any atom is -0.490 e. The highest BCUT2D eigenvalue weighted by atomic mass is 16.5. The van der Waals surface area contributed by atoms with E-state index in [1.54, 1.807) is 0 Å². The molecule has 0 fully saturated rings. The molecule has 0 aliphatic carbocycles. The summed E-state index contributed by atoms with van der Waals surface area (Å²) in [5.74, 6) is 2.38. The van der Waals surface area contributed by atoms with Crippen LogP contribution in [0.2, 0.25) is 0 Å². The van der Waals surface area contributed by atoms with E-state index in [2.05, 4.69) is 10.1 Å². The van der Waals surface area contributed by atoms with Crippen molar-refractivity contribution >= 4 is 0 Å². The summed E-state index contributed by atoms with van der Waals surface area (Å²) in [6.07, 6.45) is 0.879. The molecular weight excluding hydrogens is 234 g/mol. The fourth-order valence-corrected chi connectivity index (χ4v) is 1.76. The number of rotatable bonds is 2. The lowest BCUT2D eigenvalue weighted by Gasteiger charge is -2.07. The molecule has 0 radical (unpaired) electrons. The summed E-state index contributed by atoms with van der Waals surface area (Å²) in [5.41, 5.74) is 6.25. The Morgan fingerprint density at radius 3 is 2.78 bits per heavy atom. The van der Waals surface area contributed by atoms with Crippen LogP contribution in [0.1, 0.15) is 12.3 Å². The molecule has 2 N–H and O–H groups in total. The first-order chi connectivity index (χ1) is 8.86. The van der Waals surface area contributed by atoms with E-state index in [0.717, 1.165) is 17.7 Å². The number of nitrogens with two attached hydrogens (primary N) is 1. The molecule has 0 amide bonds. The molecule has 0 spiro atoms. The molecule has 0 bridgehead atoms. The van der Waals surface area contributed by atoms with Crippen LogP contribution in [0.5, 0.6) is 11.5 Å². The monoisotopic (exact) mass is 247 g/mol. The maximum absolute atomic E-state index is 5.61. The van der Waals surface area contributed by atoms with Gasteiger partial charge in [0, 0.05) is 12.0 Å². The smallest absolute Gasteiger partial charge is 0.240 e. The second-order valence-corrected chi connectivity index (χ2v) is 3.93. The first-order valence-corrected chi connectivity index (χ1v) is 5.79. The van der Waals surface area contributed by atoms with E-state index < -0.39 is 0 Å². The minimum absolute atomic E-state index is 0.234. The lowest BCUT2D eigenvalue weighted by molar-refractivity contribution is 0.297. The molecule has 94 valence electrons. The van der Waals surface area contributed by atoms with Crippen LogP contribution >= 0.6 is 0 Å². The maximum atomic E-state index is 5.61. The van der Waals surface area contributed by atoms with Crippen LogP contribution < -0.4 is 15.2 Å². The van der Waals surface area contributed by atoms with Crippen LogP contribution in [0.25, 0.3) is 11.4 Å². The van der Waals surface area contributed by atoms with Gasteiger partial charge in [-0.05, 0) is 18.2 Å². The normalized spacial score (nSPS) is 14.3. The Balaban J connectivity index is 1.95. The van der Waals surface area contributed by atoms with Crippen molar-refractivity contribution in [3.05, 3.63) is 24.1 Å². The predicted octanol–water partition coefficient (Wildman–Crippen LogP) is 1.36. The van der Waals surface area contributed by atoms with Crippen LogP contribution in [-0.2, 0) is 6.54 Å². The van der Waals surface area contributed by atoms with E-state index in [9.17, 15) is 0 Å². The largest absolute Gasteiger partial charge is 0.490 e. The number of aromatic nitrogens is 2. The third-order valence-corrected chi connectivity index (χ3v) is 2.65. The van der Waals surface area contributed by atoms with Crippen LogP contribution in [0, 0.1) is 0 Å². The molecule has 2 heterocycles. The molecule has 0 atom stereocenters. The summed E-state index contributed by atoms with van der Waals surface area (Å²) in [5, 5.41) is 3.87. The van der Waals surface area contributed by atoms with Gasteiger partial charge in [-0.3, -0.25) is 0 Å². The Kier molecular flexibility index (Phi) is 2.85. The second kappa shape index (κ2) is 4.66. The molecule has 0 saturated heterocycles. The molecule has 3 rings (SSSR count). The van der Waals surface area contributed by atoms with Crippen molar-refractivity contribution in [3.63, 3.8) is 0 Å². The summed E-state index contributed by atoms with van der Waals surface area (Å²) < 4.78 is 16.1. The second-order valence-electron chi connectivity index (χ2n) is 3.93. The number of fused-ring (bicyclic) bond motifs is 1. The van der Waals surface area contributed by atoms with Gasteiger partial charge >= 0.3 is 0 Å². The van der Waals surface area contributed by atoms with E-state index in [1.807, 2.05) is 18.2 Å². The van der Waals surface area contributed by atoms with Crippen molar-refractivity contribution in [2.45, 2.75) is 13.0 Å². The molecule has 1 aliphatic rings. The Bertz CT molecular complexity index is 553. The van der Waals surface area contributed by atoms with Gasteiger partial charge in [-0.1, -0.05) is 5.16 Å². The van der Waals surface area contributed by atoms with Crippen LogP contribution in [0.15, 0.2) is 22.7 Å². The van der Waals surface area contributed by atoms with Crippen LogP contribution in [0.4, 0.5) is 0 Å². The highest BCUT2D eigenvalue weighted by Gasteiger charge is 2.14. The van der Waals surface area contributed by atoms with E-state index in [1.165, 1.54) is 0 Å². The number of nitrogens with zero attached hydrogens (tertiary/aromatic N) is 2. The van der Waals surface area contributed by atoms with E-state index in [0.29, 0.717) is 30.7 Å². The van der Waals surface area contributed by atoms with Crippen molar-refractivity contribution in [2.24, 2.45) is 5.73 Å². The van der Waals surface area contributed by atoms with Crippen molar-refractivity contribution < 1.29 is 14.0 Å². The minimum atomic E-state index is 0.234. The number of hydrogen-bond donors (Lipinski definition) is 1. The highest BCUT2D eigenvalue weighted by molar-refractivity contribution is 5.60. The molecule has 2 aromatic rings. The average Bonchev–Trinajstić information content (AvgIpc) is 2.76. The summed E-state index contributed by atoms with van der Waals surface area (Å²) in [6.45, 7) is 1.56. The van der Waals surface area contributed by atoms with Crippen molar-refractivity contribution in [1.29, 1.82) is 0 Å². The van der Waals surface area contributed by atoms with E-state index in [4.69, 9.17) is 19.7 Å². The van der Waals surface area contributed by atoms with Gasteiger partial charge in [0.25, 0.3) is 0 Å². The number of hydrogen-bond acceptors (Lipinski definition) is 6. The topological polar surface area (TPSA) is 83.4 Å². The third kappa shape index (κ3) is 2.02. The third-order valence-electron chi connectivity index (χ3n) is 2.65. The van der Waals surface area contributed by atoms with Gasteiger partial charge in [0.15, 0.2) is 11.5 Å². The fourth-order valence-electron chi connectivity index (χ4n) is 1.76. The van der Waals surface area contributed by atoms with E-state index >= 15 is 0 Å². The Hall–Kier alpha value is -2.08. The zero-order valence-corrected chi connectivity index (χ0v) is 9.76. The summed E-state index contributed by atoms with van der Waals surface area (Å²) in [4.78, 5) is 4.17. The van der Waals surface area contributed by atoms with Gasteiger partial charge in [-0.25, -0.2) is 0 Å². The molecule has 6 nitrogen and oxygen atoms in total. The average molecular weight is 247 g/mol. The summed E-state index contributed by atoms with van der Waals surface area (Å²) in [7, 11) is 0. The molecule has 0 unspecified atom stereocenters. The van der Waals surface area contributed by atoms with Gasteiger partial charge < -0.3 is 19.7 Å². The highest BCUT2D eigenvalue weighted by Crippen LogP contribution is 2.33. The van der Waals surface area contributed by atoms with Crippen LogP contribution in [0.3, 0.4) is 0 Å². The number of ether oxygens (including phenoxy) is 2. The zero-order chi connectivity index (χ0) is 12.4. The SMILES string of the molecule is NCc1nc(-c2ccc3c(c2)OCCCO3)no1. The lowest BCUT2D eigenvalue weighted by atomic mass is 10.2. The molecule has 18 heavy (non-hydrogen) atoms. The molecule has 1 aromatic carbocycles. The zero-order valence-electron chi connectivity index (χ0n) is 9.76. The quantitative estimate of drug-likeness (QED) is 0.862. The van der Waals surface area contributed by atoms with Gasteiger partial charge in [0.05, 0.1) is 19.8 Å². The van der Waals surface area contributed by atoms with Gasteiger partial charge in [0.2, 0.25) is 11.7 Å². The van der Waals surface area contributed by atoms with Gasteiger partial charge in [-0.2, -0.15) is 4.98 Å². The summed E-state index contributed by atoms with van der Waals surface area (Å²) in [6, 6.07) is 5.58. The van der Waals surface area contributed by atoms with Crippen molar-refractivity contribution in [2.75, 3.05) is 13.2 Å².